The highest BCUT2D eigenvalue weighted by Gasteiger charge is 2.25. The second-order valence-corrected chi connectivity index (χ2v) is 6.96. The standard InChI is InChI=1S/C20H22N6O2/c1-14-4-6-15(7-5-14)19-24-18(28-25-19)11-22-20(27)26-10-2-3-16(12-26)17-8-9-21-13-23-17/h4-9,13,16H,2-3,10-12H2,1H3,(H,22,27). The van der Waals surface area contributed by atoms with Gasteiger partial charge in [0.15, 0.2) is 0 Å². The number of urea groups is 1. The molecule has 1 N–H and O–H groups in total. The number of aryl methyl sites for hydroxylation is 1. The second-order valence-electron chi connectivity index (χ2n) is 6.96. The molecule has 8 nitrogen and oxygen atoms in total. The van der Waals surface area contributed by atoms with E-state index >= 15 is 0 Å². The molecule has 1 aromatic carbocycles. The van der Waals surface area contributed by atoms with Crippen molar-refractivity contribution >= 4 is 6.03 Å². The highest BCUT2D eigenvalue weighted by molar-refractivity contribution is 5.74. The Morgan fingerprint density at radius 2 is 2.14 bits per heavy atom. The molecule has 1 unspecified atom stereocenters. The molecule has 0 radical (unpaired) electrons. The summed E-state index contributed by atoms with van der Waals surface area (Å²) in [5.74, 6) is 1.14. The van der Waals surface area contributed by atoms with Crippen LogP contribution in [-0.2, 0) is 6.54 Å². The van der Waals surface area contributed by atoms with Gasteiger partial charge in [-0.05, 0) is 25.8 Å². The van der Waals surface area contributed by atoms with E-state index in [1.165, 1.54) is 5.56 Å². The van der Waals surface area contributed by atoms with E-state index in [-0.39, 0.29) is 18.5 Å². The molecule has 3 aromatic rings. The molecule has 1 aliphatic heterocycles. The molecule has 1 fully saturated rings. The van der Waals surface area contributed by atoms with E-state index in [0.29, 0.717) is 18.3 Å². The highest BCUT2D eigenvalue weighted by Crippen LogP contribution is 2.25. The van der Waals surface area contributed by atoms with Gasteiger partial charge < -0.3 is 14.7 Å². The molecule has 0 bridgehead atoms. The number of nitrogens with zero attached hydrogens (tertiary/aromatic N) is 5. The minimum absolute atomic E-state index is 0.131. The molecule has 0 aliphatic carbocycles. The van der Waals surface area contributed by atoms with Crippen molar-refractivity contribution in [3.8, 4) is 11.4 Å². The summed E-state index contributed by atoms with van der Waals surface area (Å²) in [6, 6.07) is 9.67. The van der Waals surface area contributed by atoms with Gasteiger partial charge in [0.1, 0.15) is 6.33 Å². The summed E-state index contributed by atoms with van der Waals surface area (Å²) in [5.41, 5.74) is 3.03. The van der Waals surface area contributed by atoms with E-state index in [1.54, 1.807) is 12.5 Å². The largest absolute Gasteiger partial charge is 0.337 e. The molecule has 2 amide bonds. The zero-order valence-corrected chi connectivity index (χ0v) is 15.7. The lowest BCUT2D eigenvalue weighted by atomic mass is 9.95. The third-order valence-electron chi connectivity index (χ3n) is 4.90. The molecule has 1 atom stereocenters. The summed E-state index contributed by atoms with van der Waals surface area (Å²) in [7, 11) is 0. The zero-order valence-electron chi connectivity index (χ0n) is 15.7. The number of hydrogen-bond acceptors (Lipinski definition) is 6. The number of carbonyl (C=O) groups is 1. The van der Waals surface area contributed by atoms with E-state index < -0.39 is 0 Å². The van der Waals surface area contributed by atoms with Crippen LogP contribution in [0.4, 0.5) is 4.79 Å². The highest BCUT2D eigenvalue weighted by atomic mass is 16.5. The first-order chi connectivity index (χ1) is 13.7. The fourth-order valence-corrected chi connectivity index (χ4v) is 3.36. The number of piperidine rings is 1. The van der Waals surface area contributed by atoms with Crippen LogP contribution in [0, 0.1) is 6.92 Å². The number of benzene rings is 1. The number of likely N-dealkylation sites (tertiary alicyclic amines) is 1. The molecular weight excluding hydrogens is 356 g/mol. The summed E-state index contributed by atoms with van der Waals surface area (Å²) in [5, 5.41) is 6.87. The van der Waals surface area contributed by atoms with Crippen LogP contribution in [0.15, 0.2) is 47.4 Å². The van der Waals surface area contributed by atoms with Gasteiger partial charge in [0, 0.05) is 36.5 Å². The van der Waals surface area contributed by atoms with Crippen molar-refractivity contribution in [3.05, 3.63) is 60.0 Å². The minimum Gasteiger partial charge on any atom is -0.337 e. The normalized spacial score (nSPS) is 16.8. The predicted molar refractivity (Wildman–Crippen MR) is 102 cm³/mol. The van der Waals surface area contributed by atoms with Crippen LogP contribution in [0.25, 0.3) is 11.4 Å². The van der Waals surface area contributed by atoms with Crippen LogP contribution in [-0.4, -0.2) is 44.1 Å². The molecule has 1 saturated heterocycles. The summed E-state index contributed by atoms with van der Waals surface area (Å²) in [6.07, 6.45) is 5.25. The van der Waals surface area contributed by atoms with Crippen molar-refractivity contribution in [1.82, 2.24) is 30.3 Å². The number of hydrogen-bond donors (Lipinski definition) is 1. The summed E-state index contributed by atoms with van der Waals surface area (Å²) in [4.78, 5) is 27.0. The van der Waals surface area contributed by atoms with Gasteiger partial charge in [-0.15, -0.1) is 0 Å². The van der Waals surface area contributed by atoms with Crippen LogP contribution in [0.5, 0.6) is 0 Å². The van der Waals surface area contributed by atoms with Crippen molar-refractivity contribution in [3.63, 3.8) is 0 Å². The minimum atomic E-state index is -0.131. The maximum Gasteiger partial charge on any atom is 0.317 e. The molecule has 2 aromatic heterocycles. The smallest absolute Gasteiger partial charge is 0.317 e. The fourth-order valence-electron chi connectivity index (χ4n) is 3.36. The van der Waals surface area contributed by atoms with E-state index in [9.17, 15) is 4.79 Å². The van der Waals surface area contributed by atoms with E-state index in [4.69, 9.17) is 4.52 Å². The Labute approximate surface area is 163 Å². The summed E-state index contributed by atoms with van der Waals surface area (Å²) < 4.78 is 5.27. The molecule has 4 rings (SSSR count). The molecule has 144 valence electrons. The number of rotatable bonds is 4. The number of aromatic nitrogens is 4. The number of carbonyl (C=O) groups excluding carboxylic acids is 1. The molecule has 0 spiro atoms. The van der Waals surface area contributed by atoms with E-state index in [2.05, 4.69) is 25.4 Å². The van der Waals surface area contributed by atoms with Gasteiger partial charge in [0.2, 0.25) is 11.7 Å². The first-order valence-electron chi connectivity index (χ1n) is 9.37. The van der Waals surface area contributed by atoms with Gasteiger partial charge in [0.25, 0.3) is 0 Å². The monoisotopic (exact) mass is 378 g/mol. The first kappa shape index (κ1) is 18.1. The van der Waals surface area contributed by atoms with Crippen molar-refractivity contribution in [2.45, 2.75) is 32.2 Å². The Morgan fingerprint density at radius 1 is 1.29 bits per heavy atom. The van der Waals surface area contributed by atoms with E-state index in [1.807, 2.05) is 42.2 Å². The average molecular weight is 378 g/mol. The third-order valence-corrected chi connectivity index (χ3v) is 4.90. The van der Waals surface area contributed by atoms with Crippen LogP contribution in [0.1, 0.15) is 35.9 Å². The van der Waals surface area contributed by atoms with Gasteiger partial charge in [-0.1, -0.05) is 35.0 Å². The molecule has 8 heteroatoms. The van der Waals surface area contributed by atoms with Crippen LogP contribution < -0.4 is 5.32 Å². The van der Waals surface area contributed by atoms with Gasteiger partial charge >= 0.3 is 6.03 Å². The van der Waals surface area contributed by atoms with Gasteiger partial charge in [-0.25, -0.2) is 14.8 Å². The lowest BCUT2D eigenvalue weighted by Crippen LogP contribution is -2.44. The average Bonchev–Trinajstić information content (AvgIpc) is 3.22. The topological polar surface area (TPSA) is 97.0 Å². The van der Waals surface area contributed by atoms with E-state index in [0.717, 1.165) is 30.6 Å². The van der Waals surface area contributed by atoms with Gasteiger partial charge in [-0.2, -0.15) is 4.98 Å². The Bertz CT molecular complexity index is 925. The molecule has 3 heterocycles. The number of amides is 2. The lowest BCUT2D eigenvalue weighted by Gasteiger charge is -2.32. The third kappa shape index (κ3) is 4.16. The van der Waals surface area contributed by atoms with Crippen LogP contribution >= 0.6 is 0 Å². The SMILES string of the molecule is Cc1ccc(-c2noc(CNC(=O)N3CCCC(c4ccncn4)C3)n2)cc1. The summed E-state index contributed by atoms with van der Waals surface area (Å²) >= 11 is 0. The van der Waals surface area contributed by atoms with Gasteiger partial charge in [0.05, 0.1) is 6.54 Å². The molecule has 0 saturated carbocycles. The first-order valence-corrected chi connectivity index (χ1v) is 9.37. The van der Waals surface area contributed by atoms with Crippen molar-refractivity contribution < 1.29 is 9.32 Å². The van der Waals surface area contributed by atoms with Crippen molar-refractivity contribution in [2.75, 3.05) is 13.1 Å². The Morgan fingerprint density at radius 3 is 2.93 bits per heavy atom. The molecular formula is C20H22N6O2. The van der Waals surface area contributed by atoms with Crippen molar-refractivity contribution in [2.24, 2.45) is 0 Å². The van der Waals surface area contributed by atoms with Gasteiger partial charge in [-0.3, -0.25) is 0 Å². The maximum absolute atomic E-state index is 12.6. The number of nitrogens with one attached hydrogen (secondary N) is 1. The Hall–Kier alpha value is -3.29. The molecule has 28 heavy (non-hydrogen) atoms. The van der Waals surface area contributed by atoms with Crippen molar-refractivity contribution in [1.29, 1.82) is 0 Å². The van der Waals surface area contributed by atoms with Crippen LogP contribution in [0.2, 0.25) is 0 Å². The Kier molecular flexibility index (Phi) is 5.27. The zero-order chi connectivity index (χ0) is 19.3. The lowest BCUT2D eigenvalue weighted by molar-refractivity contribution is 0.177. The van der Waals surface area contributed by atoms with Crippen LogP contribution in [0.3, 0.4) is 0 Å². The summed E-state index contributed by atoms with van der Waals surface area (Å²) in [6.45, 7) is 3.59. The molecule has 1 aliphatic rings. The fraction of sp³-hybridized carbons (Fsp3) is 0.350. The predicted octanol–water partition coefficient (Wildman–Crippen LogP) is 2.92. The quantitative estimate of drug-likeness (QED) is 0.750. The second kappa shape index (κ2) is 8.16. The maximum atomic E-state index is 12.6. The Balaban J connectivity index is 1.33.